The number of nitrogens with two attached hydrogens (primary N) is 1. The second-order valence-electron chi connectivity index (χ2n) is 3.34. The molecule has 0 aliphatic carbocycles. The highest BCUT2D eigenvalue weighted by atomic mass is 19.4. The van der Waals surface area contributed by atoms with Crippen molar-refractivity contribution in [3.8, 4) is 5.75 Å². The molecule has 0 aliphatic rings. The predicted molar refractivity (Wildman–Crippen MR) is 50.9 cm³/mol. The molecule has 0 aliphatic heterocycles. The maximum absolute atomic E-state index is 13.0. The van der Waals surface area contributed by atoms with Crippen molar-refractivity contribution in [2.24, 2.45) is 5.73 Å². The summed E-state index contributed by atoms with van der Waals surface area (Å²) in [7, 11) is 1.16. The van der Waals surface area contributed by atoms with Crippen molar-refractivity contribution in [3.05, 3.63) is 29.8 Å². The number of halogens is 5. The molecule has 0 amide bonds. The largest absolute Gasteiger partial charge is 0.496 e. The van der Waals surface area contributed by atoms with E-state index in [0.717, 1.165) is 13.2 Å². The van der Waals surface area contributed by atoms with Crippen molar-refractivity contribution in [2.45, 2.75) is 18.1 Å². The van der Waals surface area contributed by atoms with Crippen molar-refractivity contribution in [2.75, 3.05) is 7.11 Å². The average Bonchev–Trinajstić information content (AvgIpc) is 2.26. The molecule has 1 rings (SSSR count). The van der Waals surface area contributed by atoms with Crippen LogP contribution in [-0.2, 0) is 0 Å². The van der Waals surface area contributed by atoms with Crippen LogP contribution in [0.1, 0.15) is 11.6 Å². The summed E-state index contributed by atoms with van der Waals surface area (Å²) < 4.78 is 67.1. The summed E-state index contributed by atoms with van der Waals surface area (Å²) in [6.45, 7) is 0. The standard InChI is InChI=1S/C10H10F5NO/c1-17-7-5-3-2-4-6(7)8(16)9(11,12)10(13,14)15/h2-5,8H,16H2,1H3/t8-/m0/s1. The molecule has 1 aromatic carbocycles. The molecule has 0 aromatic heterocycles. The fourth-order valence-electron chi connectivity index (χ4n) is 1.29. The predicted octanol–water partition coefficient (Wildman–Crippen LogP) is 2.89. The van der Waals surface area contributed by atoms with E-state index >= 15 is 0 Å². The van der Waals surface area contributed by atoms with Crippen molar-refractivity contribution >= 4 is 0 Å². The van der Waals surface area contributed by atoms with Crippen LogP contribution >= 0.6 is 0 Å². The first-order valence-corrected chi connectivity index (χ1v) is 4.55. The quantitative estimate of drug-likeness (QED) is 0.843. The lowest BCUT2D eigenvalue weighted by Gasteiger charge is -2.26. The zero-order chi connectivity index (χ0) is 13.3. The molecule has 1 atom stereocenters. The van der Waals surface area contributed by atoms with Gasteiger partial charge in [-0.05, 0) is 6.07 Å². The summed E-state index contributed by atoms with van der Waals surface area (Å²) in [4.78, 5) is 0. The Bertz CT molecular complexity index is 391. The molecule has 2 nitrogen and oxygen atoms in total. The molecular formula is C10H10F5NO. The molecule has 0 unspecified atom stereocenters. The van der Waals surface area contributed by atoms with E-state index in [1.807, 2.05) is 0 Å². The van der Waals surface area contributed by atoms with E-state index in [9.17, 15) is 22.0 Å². The van der Waals surface area contributed by atoms with E-state index in [-0.39, 0.29) is 5.75 Å². The second-order valence-corrected chi connectivity index (χ2v) is 3.34. The summed E-state index contributed by atoms with van der Waals surface area (Å²) >= 11 is 0. The highest BCUT2D eigenvalue weighted by molar-refractivity contribution is 5.37. The van der Waals surface area contributed by atoms with Gasteiger partial charge < -0.3 is 10.5 Å². The smallest absolute Gasteiger partial charge is 0.455 e. The van der Waals surface area contributed by atoms with E-state index in [2.05, 4.69) is 0 Å². The van der Waals surface area contributed by atoms with Crippen molar-refractivity contribution in [1.82, 2.24) is 0 Å². The minimum Gasteiger partial charge on any atom is -0.496 e. The van der Waals surface area contributed by atoms with Gasteiger partial charge in [-0.1, -0.05) is 18.2 Å². The average molecular weight is 255 g/mol. The number of ether oxygens (including phenoxy) is 1. The van der Waals surface area contributed by atoms with E-state index in [0.29, 0.717) is 0 Å². The van der Waals surface area contributed by atoms with Gasteiger partial charge in [-0.2, -0.15) is 22.0 Å². The fraction of sp³-hybridized carbons (Fsp3) is 0.400. The zero-order valence-corrected chi connectivity index (χ0v) is 8.76. The molecule has 0 radical (unpaired) electrons. The Morgan fingerprint density at radius 2 is 1.65 bits per heavy atom. The molecule has 96 valence electrons. The van der Waals surface area contributed by atoms with Gasteiger partial charge in [-0.15, -0.1) is 0 Å². The molecule has 0 fully saturated rings. The van der Waals surface area contributed by atoms with Gasteiger partial charge in [0.25, 0.3) is 0 Å². The van der Waals surface area contributed by atoms with Crippen LogP contribution in [0.3, 0.4) is 0 Å². The van der Waals surface area contributed by atoms with Gasteiger partial charge in [0.05, 0.1) is 7.11 Å². The van der Waals surface area contributed by atoms with E-state index in [4.69, 9.17) is 10.5 Å². The molecule has 17 heavy (non-hydrogen) atoms. The summed E-state index contributed by atoms with van der Waals surface area (Å²) in [5.41, 5.74) is 4.59. The number of para-hydroxylation sites is 1. The number of rotatable bonds is 3. The van der Waals surface area contributed by atoms with Crippen molar-refractivity contribution < 1.29 is 26.7 Å². The Morgan fingerprint density at radius 3 is 2.12 bits per heavy atom. The lowest BCUT2D eigenvalue weighted by molar-refractivity contribution is -0.291. The maximum atomic E-state index is 13.0. The Balaban J connectivity index is 3.16. The Kier molecular flexibility index (Phi) is 3.61. The minimum absolute atomic E-state index is 0.107. The third kappa shape index (κ3) is 2.49. The Labute approximate surface area is 94.2 Å². The third-order valence-corrected chi connectivity index (χ3v) is 2.24. The monoisotopic (exact) mass is 255 g/mol. The molecule has 0 heterocycles. The molecule has 0 saturated heterocycles. The molecular weight excluding hydrogens is 245 g/mol. The number of hydrogen-bond donors (Lipinski definition) is 1. The third-order valence-electron chi connectivity index (χ3n) is 2.24. The molecule has 0 spiro atoms. The fourth-order valence-corrected chi connectivity index (χ4v) is 1.29. The van der Waals surface area contributed by atoms with Gasteiger partial charge in [-0.25, -0.2) is 0 Å². The summed E-state index contributed by atoms with van der Waals surface area (Å²) in [5.74, 6) is -5.12. The summed E-state index contributed by atoms with van der Waals surface area (Å²) in [5, 5.41) is 0. The van der Waals surface area contributed by atoms with Gasteiger partial charge in [0.15, 0.2) is 0 Å². The first kappa shape index (κ1) is 13.7. The number of benzene rings is 1. The highest BCUT2D eigenvalue weighted by Crippen LogP contribution is 2.44. The Hall–Kier alpha value is -1.37. The van der Waals surface area contributed by atoms with Crippen LogP contribution in [0.2, 0.25) is 0 Å². The van der Waals surface area contributed by atoms with Gasteiger partial charge >= 0.3 is 12.1 Å². The van der Waals surface area contributed by atoms with Crippen LogP contribution in [0.15, 0.2) is 24.3 Å². The maximum Gasteiger partial charge on any atom is 0.455 e. The summed E-state index contributed by atoms with van der Waals surface area (Å²) in [6.07, 6.45) is -5.70. The normalized spacial score (nSPS) is 14.5. The highest BCUT2D eigenvalue weighted by Gasteiger charge is 2.62. The van der Waals surface area contributed by atoms with Gasteiger partial charge in [0, 0.05) is 5.56 Å². The van der Waals surface area contributed by atoms with Crippen LogP contribution < -0.4 is 10.5 Å². The topological polar surface area (TPSA) is 35.2 Å². The van der Waals surface area contributed by atoms with E-state index in [1.54, 1.807) is 0 Å². The lowest BCUT2D eigenvalue weighted by atomic mass is 10.00. The molecule has 7 heteroatoms. The number of hydrogen-bond acceptors (Lipinski definition) is 2. The van der Waals surface area contributed by atoms with Gasteiger partial charge in [0.1, 0.15) is 11.8 Å². The van der Waals surface area contributed by atoms with Gasteiger partial charge in [0.2, 0.25) is 0 Å². The van der Waals surface area contributed by atoms with Crippen LogP contribution in [0.5, 0.6) is 5.75 Å². The van der Waals surface area contributed by atoms with Crippen LogP contribution in [0.25, 0.3) is 0 Å². The lowest BCUT2D eigenvalue weighted by Crippen LogP contribution is -2.45. The van der Waals surface area contributed by atoms with Gasteiger partial charge in [-0.3, -0.25) is 0 Å². The SMILES string of the molecule is COc1ccccc1[C@H](N)C(F)(F)C(F)(F)F. The van der Waals surface area contributed by atoms with Crippen molar-refractivity contribution in [1.29, 1.82) is 0 Å². The van der Waals surface area contributed by atoms with E-state index < -0.39 is 23.7 Å². The molecule has 1 aromatic rings. The van der Waals surface area contributed by atoms with Crippen molar-refractivity contribution in [3.63, 3.8) is 0 Å². The summed E-state index contributed by atoms with van der Waals surface area (Å²) in [6, 6.07) is 2.59. The number of methoxy groups -OCH3 is 1. The minimum atomic E-state index is -5.70. The van der Waals surface area contributed by atoms with Crippen LogP contribution in [-0.4, -0.2) is 19.2 Å². The molecule has 0 saturated carbocycles. The molecule has 2 N–H and O–H groups in total. The van der Waals surface area contributed by atoms with Crippen LogP contribution in [0.4, 0.5) is 22.0 Å². The van der Waals surface area contributed by atoms with E-state index in [1.165, 1.54) is 18.2 Å². The second kappa shape index (κ2) is 4.48. The zero-order valence-electron chi connectivity index (χ0n) is 8.76. The number of alkyl halides is 5. The first-order chi connectivity index (χ1) is 7.71. The first-order valence-electron chi connectivity index (χ1n) is 4.55. The van der Waals surface area contributed by atoms with Crippen LogP contribution in [0, 0.1) is 0 Å². The molecule has 0 bridgehead atoms. The Morgan fingerprint density at radius 1 is 1.12 bits per heavy atom.